The van der Waals surface area contributed by atoms with Crippen LogP contribution < -0.4 is 0 Å². The van der Waals surface area contributed by atoms with Gasteiger partial charge in [-0.15, -0.1) is 0 Å². The van der Waals surface area contributed by atoms with E-state index < -0.39 is 29.6 Å². The molecule has 0 N–H and O–H groups in total. The van der Waals surface area contributed by atoms with Crippen molar-refractivity contribution in [2.24, 2.45) is 5.92 Å². The summed E-state index contributed by atoms with van der Waals surface area (Å²) in [6.07, 6.45) is 1.11. The third-order valence-corrected chi connectivity index (χ3v) is 5.26. The number of benzene rings is 1. The van der Waals surface area contributed by atoms with Gasteiger partial charge in [0.1, 0.15) is 12.5 Å². The highest BCUT2D eigenvalue weighted by molar-refractivity contribution is 5.86. The predicted octanol–water partition coefficient (Wildman–Crippen LogP) is 4.43. The number of alkyl halides is 3. The molecule has 0 saturated carbocycles. The fourth-order valence-corrected chi connectivity index (χ4v) is 3.70. The lowest BCUT2D eigenvalue weighted by Gasteiger charge is -2.33. The Kier molecular flexibility index (Phi) is 7.51. The van der Waals surface area contributed by atoms with Crippen molar-refractivity contribution in [3.8, 4) is 0 Å². The first kappa shape index (κ1) is 25.1. The quantitative estimate of drug-likeness (QED) is 0.534. The molecule has 0 saturated heterocycles. The molecule has 7 nitrogen and oxygen atoms in total. The molecule has 1 aromatic carbocycles. The molecule has 1 aliphatic heterocycles. The smallest absolute Gasteiger partial charge is 0.432 e. The van der Waals surface area contributed by atoms with Gasteiger partial charge in [-0.1, -0.05) is 48.1 Å². The van der Waals surface area contributed by atoms with Crippen molar-refractivity contribution < 1.29 is 46.4 Å². The first-order valence-corrected chi connectivity index (χ1v) is 10.2. The summed E-state index contributed by atoms with van der Waals surface area (Å²) in [4.78, 5) is 24.5. The lowest BCUT2D eigenvalue weighted by atomic mass is 9.90. The van der Waals surface area contributed by atoms with Crippen molar-refractivity contribution in [2.45, 2.75) is 25.1 Å². The Balaban J connectivity index is 1.74. The number of hydrogen-bond donors (Lipinski definition) is 0. The maximum Gasteiger partial charge on any atom is 0.432 e. The zero-order chi connectivity index (χ0) is 24.9. The number of allylic oxidation sites excluding steroid dienone is 3. The molecule has 2 unspecified atom stereocenters. The van der Waals surface area contributed by atoms with E-state index in [1.807, 2.05) is 0 Å². The topological polar surface area (TPSA) is 80.3 Å². The van der Waals surface area contributed by atoms with Gasteiger partial charge in [-0.25, -0.2) is 9.59 Å². The fourth-order valence-electron chi connectivity index (χ4n) is 3.70. The van der Waals surface area contributed by atoms with Crippen LogP contribution in [0.4, 0.5) is 13.2 Å². The van der Waals surface area contributed by atoms with E-state index in [0.717, 1.165) is 31.1 Å². The Labute approximate surface area is 194 Å². The Hall–Kier alpha value is -3.53. The molecule has 2 atom stereocenters. The van der Waals surface area contributed by atoms with E-state index in [0.29, 0.717) is 5.57 Å². The van der Waals surface area contributed by atoms with Gasteiger partial charge >= 0.3 is 18.1 Å². The summed E-state index contributed by atoms with van der Waals surface area (Å²) in [6.45, 7) is 1.43. The van der Waals surface area contributed by atoms with Crippen LogP contribution in [0.15, 0.2) is 77.7 Å². The lowest BCUT2D eigenvalue weighted by Crippen LogP contribution is -2.52. The maximum atomic E-state index is 14.0. The lowest BCUT2D eigenvalue weighted by molar-refractivity contribution is -0.276. The van der Waals surface area contributed by atoms with Gasteiger partial charge < -0.3 is 23.7 Å². The third-order valence-electron chi connectivity index (χ3n) is 5.26. The zero-order valence-corrected chi connectivity index (χ0v) is 18.7. The van der Waals surface area contributed by atoms with Crippen molar-refractivity contribution in [1.82, 2.24) is 0 Å². The largest absolute Gasteiger partial charge is 0.465 e. The van der Waals surface area contributed by atoms with Gasteiger partial charge in [0.25, 0.3) is 5.60 Å². The van der Waals surface area contributed by atoms with Crippen LogP contribution in [0.25, 0.3) is 0 Å². The molecule has 1 aromatic rings. The monoisotopic (exact) mass is 480 g/mol. The summed E-state index contributed by atoms with van der Waals surface area (Å²) in [5, 5.41) is 0. The van der Waals surface area contributed by atoms with E-state index in [1.54, 1.807) is 19.1 Å². The normalized spacial score (nSPS) is 19.8. The highest BCUT2D eigenvalue weighted by Crippen LogP contribution is 2.43. The molecule has 0 bridgehead atoms. The molecule has 0 aromatic heterocycles. The standard InChI is InChI=1S/C24H23F3O7/c1-15-9-16(11-17(10-15)19-13-32-14-20(34-19)21(28)30-2)12-33-22(29)23(31-3,24(25,26)27)18-7-5-4-6-8-18/h4-10,13-14,16H,11-12H2,1-3H3. The Morgan fingerprint density at radius 2 is 1.82 bits per heavy atom. The molecule has 1 heterocycles. The van der Waals surface area contributed by atoms with Gasteiger partial charge in [-0.05, 0) is 18.9 Å². The fraction of sp³-hybridized carbons (Fsp3) is 0.333. The summed E-state index contributed by atoms with van der Waals surface area (Å²) in [7, 11) is 2.00. The summed E-state index contributed by atoms with van der Waals surface area (Å²) in [5.41, 5.74) is -2.28. The summed E-state index contributed by atoms with van der Waals surface area (Å²) in [6, 6.07) is 6.60. The number of halogens is 3. The third kappa shape index (κ3) is 5.01. The average molecular weight is 480 g/mol. The van der Waals surface area contributed by atoms with Gasteiger partial charge in [0.15, 0.2) is 5.76 Å². The van der Waals surface area contributed by atoms with E-state index in [-0.39, 0.29) is 30.1 Å². The van der Waals surface area contributed by atoms with Crippen LogP contribution in [0.5, 0.6) is 0 Å². The van der Waals surface area contributed by atoms with Gasteiger partial charge in [0.2, 0.25) is 5.76 Å². The van der Waals surface area contributed by atoms with E-state index >= 15 is 0 Å². The van der Waals surface area contributed by atoms with E-state index in [9.17, 15) is 22.8 Å². The Bertz CT molecular complexity index is 1050. The molecule has 10 heteroatoms. The maximum absolute atomic E-state index is 14.0. The van der Waals surface area contributed by atoms with Crippen molar-refractivity contribution in [3.05, 3.63) is 83.2 Å². The van der Waals surface area contributed by atoms with Gasteiger partial charge in [-0.3, -0.25) is 0 Å². The van der Waals surface area contributed by atoms with Crippen LogP contribution in [-0.2, 0) is 38.9 Å². The van der Waals surface area contributed by atoms with Gasteiger partial charge in [0, 0.05) is 18.6 Å². The minimum atomic E-state index is -5.06. The second kappa shape index (κ2) is 10.2. The molecule has 0 radical (unpaired) electrons. The van der Waals surface area contributed by atoms with Crippen LogP contribution in [-0.4, -0.2) is 38.9 Å². The van der Waals surface area contributed by atoms with Crippen molar-refractivity contribution in [3.63, 3.8) is 0 Å². The number of ether oxygens (including phenoxy) is 5. The van der Waals surface area contributed by atoms with Crippen LogP contribution in [0.3, 0.4) is 0 Å². The Morgan fingerprint density at radius 1 is 1.12 bits per heavy atom. The molecule has 34 heavy (non-hydrogen) atoms. The SMILES string of the molecule is COC(=O)C1=COC=C(C2=CC(C)=CC(COC(=O)C(OC)(c3ccccc3)C(F)(F)F)C2)O1. The summed E-state index contributed by atoms with van der Waals surface area (Å²) < 4.78 is 67.3. The van der Waals surface area contributed by atoms with Crippen molar-refractivity contribution >= 4 is 11.9 Å². The van der Waals surface area contributed by atoms with Gasteiger partial charge in [-0.2, -0.15) is 13.2 Å². The minimum Gasteiger partial charge on any atom is -0.465 e. The zero-order valence-electron chi connectivity index (χ0n) is 18.7. The average Bonchev–Trinajstić information content (AvgIpc) is 2.82. The van der Waals surface area contributed by atoms with Crippen molar-refractivity contribution in [2.75, 3.05) is 20.8 Å². The number of hydrogen-bond acceptors (Lipinski definition) is 7. The first-order valence-electron chi connectivity index (χ1n) is 10.2. The highest BCUT2D eigenvalue weighted by atomic mass is 19.4. The predicted molar refractivity (Wildman–Crippen MR) is 112 cm³/mol. The summed E-state index contributed by atoms with van der Waals surface area (Å²) >= 11 is 0. The second-order valence-corrected chi connectivity index (χ2v) is 7.59. The number of methoxy groups -OCH3 is 2. The highest BCUT2D eigenvalue weighted by Gasteiger charge is 2.64. The number of rotatable bonds is 7. The minimum absolute atomic E-state index is 0.158. The van der Waals surface area contributed by atoms with E-state index in [1.165, 1.54) is 31.6 Å². The summed E-state index contributed by atoms with van der Waals surface area (Å²) in [5.74, 6) is -2.68. The molecule has 3 rings (SSSR count). The van der Waals surface area contributed by atoms with Crippen molar-refractivity contribution in [1.29, 1.82) is 0 Å². The molecule has 0 spiro atoms. The molecule has 1 aliphatic carbocycles. The molecule has 182 valence electrons. The van der Waals surface area contributed by atoms with Crippen LogP contribution in [0.1, 0.15) is 18.9 Å². The van der Waals surface area contributed by atoms with Crippen LogP contribution >= 0.6 is 0 Å². The molecular weight excluding hydrogens is 457 g/mol. The van der Waals surface area contributed by atoms with Crippen LogP contribution in [0, 0.1) is 5.92 Å². The van der Waals surface area contributed by atoms with E-state index in [2.05, 4.69) is 4.74 Å². The number of carbonyl (C=O) groups excluding carboxylic acids is 2. The van der Waals surface area contributed by atoms with Gasteiger partial charge in [0.05, 0.1) is 13.7 Å². The molecule has 0 fully saturated rings. The first-order chi connectivity index (χ1) is 16.1. The van der Waals surface area contributed by atoms with Crippen LogP contribution in [0.2, 0.25) is 0 Å². The molecule has 2 aliphatic rings. The Morgan fingerprint density at radius 3 is 2.44 bits per heavy atom. The number of esters is 2. The molecule has 0 amide bonds. The second-order valence-electron chi connectivity index (χ2n) is 7.59. The van der Waals surface area contributed by atoms with E-state index in [4.69, 9.17) is 18.9 Å². The number of carbonyl (C=O) groups is 2. The molecular formula is C24H23F3O7.